The Bertz CT molecular complexity index is 408. The minimum atomic E-state index is -4.83. The van der Waals surface area contributed by atoms with E-state index in [9.17, 15) is 23.4 Å². The van der Waals surface area contributed by atoms with E-state index in [4.69, 9.17) is 0 Å². The summed E-state index contributed by atoms with van der Waals surface area (Å²) in [6.45, 7) is 3.71. The highest BCUT2D eigenvalue weighted by Gasteiger charge is 2.52. The van der Waals surface area contributed by atoms with Crippen LogP contribution in [0.2, 0.25) is 0 Å². The van der Waals surface area contributed by atoms with Gasteiger partial charge in [-0.25, -0.2) is 0 Å². The summed E-state index contributed by atoms with van der Waals surface area (Å²) in [5.41, 5.74) is -2.71. The second kappa shape index (κ2) is 3.66. The predicted octanol–water partition coefficient (Wildman–Crippen LogP) is 2.78. The molecule has 0 saturated heterocycles. The standard InChI is InChI=1S/C11H13F3O2/c1-6-4-7(2)9(15)8(5-6)10(3,16)11(12,13)14/h4-5,15-16H,1-3H3. The van der Waals surface area contributed by atoms with E-state index in [0.717, 1.165) is 6.07 Å². The van der Waals surface area contributed by atoms with E-state index in [1.165, 1.54) is 6.92 Å². The van der Waals surface area contributed by atoms with E-state index in [0.29, 0.717) is 18.1 Å². The van der Waals surface area contributed by atoms with Gasteiger partial charge in [0.25, 0.3) is 0 Å². The first kappa shape index (κ1) is 12.8. The number of hydrogen-bond donors (Lipinski definition) is 2. The van der Waals surface area contributed by atoms with Crippen molar-refractivity contribution >= 4 is 0 Å². The van der Waals surface area contributed by atoms with Gasteiger partial charge in [0.05, 0.1) is 0 Å². The van der Waals surface area contributed by atoms with Crippen LogP contribution < -0.4 is 0 Å². The summed E-state index contributed by atoms with van der Waals surface area (Å²) in [7, 11) is 0. The Morgan fingerprint density at radius 2 is 1.62 bits per heavy atom. The topological polar surface area (TPSA) is 40.5 Å². The van der Waals surface area contributed by atoms with Gasteiger partial charge >= 0.3 is 6.18 Å². The van der Waals surface area contributed by atoms with Gasteiger partial charge in [-0.1, -0.05) is 11.6 Å². The molecule has 0 aliphatic rings. The van der Waals surface area contributed by atoms with Gasteiger partial charge in [-0.15, -0.1) is 0 Å². The molecular formula is C11H13F3O2. The minimum absolute atomic E-state index is 0.305. The molecule has 16 heavy (non-hydrogen) atoms. The zero-order chi connectivity index (χ0) is 12.7. The summed E-state index contributed by atoms with van der Waals surface area (Å²) in [5, 5.41) is 19.0. The average Bonchev–Trinajstić information content (AvgIpc) is 2.09. The molecule has 0 saturated carbocycles. The van der Waals surface area contributed by atoms with E-state index in [2.05, 4.69) is 0 Å². The molecule has 2 N–H and O–H groups in total. The Morgan fingerprint density at radius 1 is 1.12 bits per heavy atom. The molecule has 1 aromatic rings. The Kier molecular flexibility index (Phi) is 2.94. The van der Waals surface area contributed by atoms with Crippen LogP contribution in [-0.2, 0) is 5.60 Å². The number of phenols is 1. The molecule has 0 aromatic heterocycles. The van der Waals surface area contributed by atoms with Gasteiger partial charge in [-0.05, 0) is 32.4 Å². The first-order valence-electron chi connectivity index (χ1n) is 4.67. The van der Waals surface area contributed by atoms with Crippen LogP contribution >= 0.6 is 0 Å². The maximum Gasteiger partial charge on any atom is 0.421 e. The largest absolute Gasteiger partial charge is 0.507 e. The molecule has 0 bridgehead atoms. The highest BCUT2D eigenvalue weighted by atomic mass is 19.4. The summed E-state index contributed by atoms with van der Waals surface area (Å²) >= 11 is 0. The first-order valence-corrected chi connectivity index (χ1v) is 4.67. The van der Waals surface area contributed by atoms with Gasteiger partial charge in [-0.3, -0.25) is 0 Å². The van der Waals surface area contributed by atoms with Crippen molar-refractivity contribution in [2.75, 3.05) is 0 Å². The third kappa shape index (κ3) is 2.00. The normalized spacial score (nSPS) is 15.9. The molecule has 0 fully saturated rings. The van der Waals surface area contributed by atoms with Crippen LogP contribution in [0.15, 0.2) is 12.1 Å². The van der Waals surface area contributed by atoms with Gasteiger partial charge in [0.1, 0.15) is 5.75 Å². The highest BCUT2D eigenvalue weighted by molar-refractivity contribution is 5.46. The number of phenolic OH excluding ortho intramolecular Hbond substituents is 1. The van der Waals surface area contributed by atoms with Crippen molar-refractivity contribution < 1.29 is 23.4 Å². The molecule has 0 radical (unpaired) electrons. The molecule has 0 amide bonds. The molecule has 0 aliphatic carbocycles. The molecule has 1 aromatic carbocycles. The zero-order valence-electron chi connectivity index (χ0n) is 9.18. The van der Waals surface area contributed by atoms with Crippen molar-refractivity contribution in [3.63, 3.8) is 0 Å². The molecule has 0 aliphatic heterocycles. The fourth-order valence-electron chi connectivity index (χ4n) is 1.48. The van der Waals surface area contributed by atoms with Crippen LogP contribution in [0.1, 0.15) is 23.6 Å². The van der Waals surface area contributed by atoms with E-state index in [1.807, 2.05) is 0 Å². The van der Waals surface area contributed by atoms with Crippen molar-refractivity contribution in [3.05, 3.63) is 28.8 Å². The number of rotatable bonds is 1. The SMILES string of the molecule is Cc1cc(C)c(O)c(C(C)(O)C(F)(F)F)c1. The lowest BCUT2D eigenvalue weighted by atomic mass is 9.91. The zero-order valence-corrected chi connectivity index (χ0v) is 9.18. The van der Waals surface area contributed by atoms with Crippen molar-refractivity contribution in [2.45, 2.75) is 32.5 Å². The van der Waals surface area contributed by atoms with Gasteiger partial charge in [0.15, 0.2) is 5.60 Å². The molecule has 90 valence electrons. The lowest BCUT2D eigenvalue weighted by molar-refractivity contribution is -0.259. The highest BCUT2D eigenvalue weighted by Crippen LogP contribution is 2.43. The number of hydrogen-bond acceptors (Lipinski definition) is 2. The Hall–Kier alpha value is -1.23. The van der Waals surface area contributed by atoms with Gasteiger partial charge in [0, 0.05) is 5.56 Å². The molecule has 5 heteroatoms. The van der Waals surface area contributed by atoms with Crippen LogP contribution in [0.4, 0.5) is 13.2 Å². The second-order valence-corrected chi connectivity index (χ2v) is 4.05. The van der Waals surface area contributed by atoms with Crippen molar-refractivity contribution in [2.24, 2.45) is 0 Å². The third-order valence-electron chi connectivity index (χ3n) is 2.52. The van der Waals surface area contributed by atoms with Crippen molar-refractivity contribution in [1.82, 2.24) is 0 Å². The van der Waals surface area contributed by atoms with Crippen LogP contribution in [0.25, 0.3) is 0 Å². The van der Waals surface area contributed by atoms with Gasteiger partial charge in [0.2, 0.25) is 0 Å². The fourth-order valence-corrected chi connectivity index (χ4v) is 1.48. The quantitative estimate of drug-likeness (QED) is 0.784. The smallest absolute Gasteiger partial charge is 0.421 e. The lowest BCUT2D eigenvalue weighted by Gasteiger charge is -2.28. The number of aromatic hydroxyl groups is 1. The minimum Gasteiger partial charge on any atom is -0.507 e. The Morgan fingerprint density at radius 3 is 2.06 bits per heavy atom. The summed E-state index contributed by atoms with van der Waals surface area (Å²) in [6, 6.07) is 2.68. The van der Waals surface area contributed by atoms with Crippen LogP contribution in [0.5, 0.6) is 5.75 Å². The molecule has 0 spiro atoms. The molecule has 1 unspecified atom stereocenters. The fraction of sp³-hybridized carbons (Fsp3) is 0.455. The van der Waals surface area contributed by atoms with Crippen molar-refractivity contribution in [1.29, 1.82) is 0 Å². The van der Waals surface area contributed by atoms with E-state index >= 15 is 0 Å². The van der Waals surface area contributed by atoms with Gasteiger partial charge in [-0.2, -0.15) is 13.2 Å². The molecular weight excluding hydrogens is 221 g/mol. The molecule has 2 nitrogen and oxygen atoms in total. The number of aliphatic hydroxyl groups is 1. The van der Waals surface area contributed by atoms with E-state index in [-0.39, 0.29) is 0 Å². The van der Waals surface area contributed by atoms with Crippen LogP contribution in [-0.4, -0.2) is 16.4 Å². The predicted molar refractivity (Wildman–Crippen MR) is 53.2 cm³/mol. The summed E-state index contributed by atoms with van der Waals surface area (Å²) in [4.78, 5) is 0. The number of halogens is 3. The number of alkyl halides is 3. The van der Waals surface area contributed by atoms with Gasteiger partial charge < -0.3 is 10.2 Å². The van der Waals surface area contributed by atoms with Crippen LogP contribution in [0.3, 0.4) is 0 Å². The number of aryl methyl sites for hydroxylation is 2. The summed E-state index contributed by atoms with van der Waals surface area (Å²) < 4.78 is 37.8. The number of benzene rings is 1. The Labute approximate surface area is 91.3 Å². The summed E-state index contributed by atoms with van der Waals surface area (Å²) in [5.74, 6) is -0.520. The van der Waals surface area contributed by atoms with E-state index < -0.39 is 23.1 Å². The molecule has 1 rings (SSSR count). The van der Waals surface area contributed by atoms with E-state index in [1.54, 1.807) is 13.0 Å². The average molecular weight is 234 g/mol. The molecule has 1 atom stereocenters. The Balaban J connectivity index is 3.44. The lowest BCUT2D eigenvalue weighted by Crippen LogP contribution is -2.39. The third-order valence-corrected chi connectivity index (χ3v) is 2.52. The second-order valence-electron chi connectivity index (χ2n) is 4.05. The summed E-state index contributed by atoms with van der Waals surface area (Å²) in [6.07, 6.45) is -4.83. The maximum absolute atomic E-state index is 12.6. The monoisotopic (exact) mass is 234 g/mol. The molecule has 0 heterocycles. The maximum atomic E-state index is 12.6. The van der Waals surface area contributed by atoms with Crippen LogP contribution in [0, 0.1) is 13.8 Å². The van der Waals surface area contributed by atoms with Crippen molar-refractivity contribution in [3.8, 4) is 5.75 Å². The first-order chi connectivity index (χ1) is 7.07.